The van der Waals surface area contributed by atoms with Gasteiger partial charge in [-0.3, -0.25) is 9.59 Å². The lowest BCUT2D eigenvalue weighted by atomic mass is 10.0. The second kappa shape index (κ2) is 11.4. The van der Waals surface area contributed by atoms with Crippen LogP contribution in [0.15, 0.2) is 48.5 Å². The Labute approximate surface area is 195 Å². The molecule has 3 rings (SSSR count). The molecule has 2 aromatic rings. The number of para-hydroxylation sites is 2. The van der Waals surface area contributed by atoms with E-state index in [1.54, 1.807) is 31.4 Å². The van der Waals surface area contributed by atoms with Crippen molar-refractivity contribution in [1.82, 2.24) is 10.2 Å². The van der Waals surface area contributed by atoms with Gasteiger partial charge in [0.2, 0.25) is 5.91 Å². The lowest BCUT2D eigenvalue weighted by Gasteiger charge is -2.33. The molecule has 7 nitrogen and oxygen atoms in total. The summed E-state index contributed by atoms with van der Waals surface area (Å²) in [7, 11) is 1.60. The first-order valence-electron chi connectivity index (χ1n) is 11.3. The molecule has 2 aromatic carbocycles. The van der Waals surface area contributed by atoms with Crippen molar-refractivity contribution >= 4 is 11.8 Å². The third-order valence-corrected chi connectivity index (χ3v) is 5.85. The van der Waals surface area contributed by atoms with Crippen molar-refractivity contribution in [3.05, 3.63) is 59.7 Å². The fraction of sp³-hybridized carbons (Fsp3) is 0.423. The van der Waals surface area contributed by atoms with E-state index in [2.05, 4.69) is 11.4 Å². The van der Waals surface area contributed by atoms with E-state index in [0.29, 0.717) is 49.4 Å². The third-order valence-electron chi connectivity index (χ3n) is 5.85. The summed E-state index contributed by atoms with van der Waals surface area (Å²) in [6.45, 7) is 5.00. The zero-order valence-electron chi connectivity index (χ0n) is 19.4. The Hall–Kier alpha value is -3.53. The Morgan fingerprint density at radius 2 is 1.73 bits per heavy atom. The minimum atomic E-state index is -0.704. The van der Waals surface area contributed by atoms with Crippen molar-refractivity contribution in [2.45, 2.75) is 45.3 Å². The molecule has 1 heterocycles. The number of methoxy groups -OCH3 is 1. The fourth-order valence-corrected chi connectivity index (χ4v) is 3.97. The minimum absolute atomic E-state index is 0.0242. The van der Waals surface area contributed by atoms with Crippen molar-refractivity contribution in [3.8, 4) is 17.6 Å². The van der Waals surface area contributed by atoms with Gasteiger partial charge in [-0.05, 0) is 37.0 Å². The summed E-state index contributed by atoms with van der Waals surface area (Å²) in [5.41, 5.74) is 1.27. The largest absolute Gasteiger partial charge is 0.496 e. The Balaban J connectivity index is 1.54. The van der Waals surface area contributed by atoms with Crippen LogP contribution in [0.1, 0.15) is 37.8 Å². The van der Waals surface area contributed by atoms with E-state index in [1.807, 2.05) is 43.0 Å². The molecule has 0 saturated carbocycles. The number of carbonyl (C=O) groups excluding carboxylic acids is 2. The van der Waals surface area contributed by atoms with Crippen LogP contribution in [0.5, 0.6) is 11.5 Å². The van der Waals surface area contributed by atoms with Crippen LogP contribution in [0.25, 0.3) is 0 Å². The molecule has 1 unspecified atom stereocenters. The molecule has 1 fully saturated rings. The van der Waals surface area contributed by atoms with Gasteiger partial charge >= 0.3 is 0 Å². The maximum Gasteiger partial charge on any atom is 0.261 e. The maximum atomic E-state index is 13.0. The molecule has 33 heavy (non-hydrogen) atoms. The highest BCUT2D eigenvalue weighted by atomic mass is 16.5. The highest BCUT2D eigenvalue weighted by Crippen LogP contribution is 2.22. The van der Waals surface area contributed by atoms with Crippen LogP contribution in [0.3, 0.4) is 0 Å². The molecule has 0 aromatic heterocycles. The number of piperidine rings is 1. The smallest absolute Gasteiger partial charge is 0.261 e. The summed E-state index contributed by atoms with van der Waals surface area (Å²) < 4.78 is 11.3. The fourth-order valence-electron chi connectivity index (χ4n) is 3.97. The average Bonchev–Trinajstić information content (AvgIpc) is 2.83. The van der Waals surface area contributed by atoms with Gasteiger partial charge in [0, 0.05) is 24.7 Å². The molecular weight excluding hydrogens is 418 g/mol. The number of rotatable bonds is 8. The zero-order chi connectivity index (χ0) is 23.8. The summed E-state index contributed by atoms with van der Waals surface area (Å²) in [4.78, 5) is 27.6. The van der Waals surface area contributed by atoms with Crippen molar-refractivity contribution in [1.29, 1.82) is 5.26 Å². The van der Waals surface area contributed by atoms with Gasteiger partial charge in [-0.25, -0.2) is 0 Å². The zero-order valence-corrected chi connectivity index (χ0v) is 19.4. The summed E-state index contributed by atoms with van der Waals surface area (Å²) in [6, 6.07) is 16.5. The number of benzene rings is 2. The van der Waals surface area contributed by atoms with Crippen molar-refractivity contribution in [2.75, 3.05) is 20.2 Å². The van der Waals surface area contributed by atoms with E-state index >= 15 is 0 Å². The summed E-state index contributed by atoms with van der Waals surface area (Å²) >= 11 is 0. The number of nitrogens with zero attached hydrogens (tertiary/aromatic N) is 2. The highest BCUT2D eigenvalue weighted by molar-refractivity contribution is 5.82. The second-order valence-corrected chi connectivity index (χ2v) is 8.54. The number of carbonyl (C=O) groups is 2. The van der Waals surface area contributed by atoms with E-state index in [4.69, 9.17) is 9.47 Å². The Morgan fingerprint density at radius 1 is 1.09 bits per heavy atom. The number of ether oxygens (including phenoxy) is 2. The topological polar surface area (TPSA) is 91.7 Å². The van der Waals surface area contributed by atoms with Crippen LogP contribution in [0, 0.1) is 17.2 Å². The summed E-state index contributed by atoms with van der Waals surface area (Å²) in [5, 5.41) is 12.4. The van der Waals surface area contributed by atoms with Crippen LogP contribution < -0.4 is 14.8 Å². The van der Waals surface area contributed by atoms with E-state index in [1.165, 1.54) is 0 Å². The van der Waals surface area contributed by atoms with E-state index in [0.717, 1.165) is 5.56 Å². The molecule has 2 amide bonds. The van der Waals surface area contributed by atoms with E-state index in [9.17, 15) is 14.9 Å². The van der Waals surface area contributed by atoms with Gasteiger partial charge in [-0.15, -0.1) is 0 Å². The standard InChI is InChI=1S/C26H31N3O4/c1-18(2)25(33-23-11-7-5-9-20(23)17-27)26(31)28-21-12-14-29(15-13-21)24(30)16-19-8-4-6-10-22(19)32-3/h4-11,18,21,25H,12-16H2,1-3H3,(H,28,31). The molecular formula is C26H31N3O4. The van der Waals surface area contributed by atoms with Crippen LogP contribution in [-0.2, 0) is 16.0 Å². The molecule has 1 aliphatic heterocycles. The van der Waals surface area contributed by atoms with Crippen LogP contribution in [0.4, 0.5) is 0 Å². The van der Waals surface area contributed by atoms with Crippen LogP contribution in [0.2, 0.25) is 0 Å². The number of amides is 2. The average molecular weight is 450 g/mol. The summed E-state index contributed by atoms with van der Waals surface area (Å²) in [6.07, 6.45) is 0.957. The first-order valence-corrected chi connectivity index (χ1v) is 11.3. The van der Waals surface area contributed by atoms with E-state index < -0.39 is 6.10 Å². The molecule has 1 atom stereocenters. The maximum absolute atomic E-state index is 13.0. The van der Waals surface area contributed by atoms with Crippen molar-refractivity contribution in [3.63, 3.8) is 0 Å². The van der Waals surface area contributed by atoms with Crippen molar-refractivity contribution < 1.29 is 19.1 Å². The van der Waals surface area contributed by atoms with Crippen LogP contribution >= 0.6 is 0 Å². The van der Waals surface area contributed by atoms with Gasteiger partial charge in [0.25, 0.3) is 5.91 Å². The van der Waals surface area contributed by atoms with Gasteiger partial charge in [0.15, 0.2) is 6.10 Å². The molecule has 0 aliphatic carbocycles. The normalized spacial score (nSPS) is 14.9. The molecule has 174 valence electrons. The van der Waals surface area contributed by atoms with Gasteiger partial charge in [-0.2, -0.15) is 5.26 Å². The molecule has 0 bridgehead atoms. The Kier molecular flexibility index (Phi) is 8.31. The monoisotopic (exact) mass is 449 g/mol. The first kappa shape index (κ1) is 24.1. The molecule has 0 spiro atoms. The predicted octanol–water partition coefficient (Wildman–Crippen LogP) is 3.32. The van der Waals surface area contributed by atoms with E-state index in [-0.39, 0.29) is 23.8 Å². The predicted molar refractivity (Wildman–Crippen MR) is 125 cm³/mol. The van der Waals surface area contributed by atoms with Gasteiger partial charge < -0.3 is 19.7 Å². The van der Waals surface area contributed by atoms with Gasteiger partial charge in [-0.1, -0.05) is 44.2 Å². The quantitative estimate of drug-likeness (QED) is 0.668. The first-order chi connectivity index (χ1) is 15.9. The number of likely N-dealkylation sites (tertiary alicyclic amines) is 1. The van der Waals surface area contributed by atoms with Gasteiger partial charge in [0.1, 0.15) is 17.6 Å². The molecule has 0 radical (unpaired) electrons. The number of hydrogen-bond donors (Lipinski definition) is 1. The van der Waals surface area contributed by atoms with Crippen LogP contribution in [-0.4, -0.2) is 49.1 Å². The molecule has 1 aliphatic rings. The molecule has 7 heteroatoms. The second-order valence-electron chi connectivity index (χ2n) is 8.54. The molecule has 1 N–H and O–H groups in total. The Morgan fingerprint density at radius 3 is 2.36 bits per heavy atom. The number of nitrogens with one attached hydrogen (secondary N) is 1. The minimum Gasteiger partial charge on any atom is -0.496 e. The SMILES string of the molecule is COc1ccccc1CC(=O)N1CCC(NC(=O)C(Oc2ccccc2C#N)C(C)C)CC1. The lowest BCUT2D eigenvalue weighted by Crippen LogP contribution is -2.51. The number of hydrogen-bond acceptors (Lipinski definition) is 5. The van der Waals surface area contributed by atoms with Gasteiger partial charge in [0.05, 0.1) is 19.1 Å². The van der Waals surface area contributed by atoms with Crippen molar-refractivity contribution in [2.24, 2.45) is 5.92 Å². The lowest BCUT2D eigenvalue weighted by molar-refractivity contribution is -0.132. The third kappa shape index (κ3) is 6.26. The highest BCUT2D eigenvalue weighted by Gasteiger charge is 2.30. The molecule has 1 saturated heterocycles. The number of nitriles is 1. The summed E-state index contributed by atoms with van der Waals surface area (Å²) in [5.74, 6) is 0.910. The Bertz CT molecular complexity index is 1010.